The predicted octanol–water partition coefficient (Wildman–Crippen LogP) is 3.46. The number of aromatic nitrogens is 2. The molecular weight excluding hydrogens is 316 g/mol. The lowest BCUT2D eigenvalue weighted by Crippen LogP contribution is -2.12. The molecule has 0 saturated carbocycles. The van der Waals surface area contributed by atoms with E-state index in [9.17, 15) is 0 Å². The Kier molecular flexibility index (Phi) is 3.85. The first-order valence-electron chi connectivity index (χ1n) is 5.30. The van der Waals surface area contributed by atoms with E-state index in [1.54, 1.807) is 0 Å². The number of hydrogen-bond acceptors (Lipinski definition) is 4. The molecule has 3 N–H and O–H groups in total. The van der Waals surface area contributed by atoms with Crippen molar-refractivity contribution in [2.75, 3.05) is 5.43 Å². The second-order valence-electron chi connectivity index (χ2n) is 3.87. The average Bonchev–Trinajstić information content (AvgIpc) is 2.32. The van der Waals surface area contributed by atoms with Gasteiger partial charge >= 0.3 is 0 Å². The maximum atomic E-state index is 6.19. The van der Waals surface area contributed by atoms with Crippen LogP contribution in [0, 0.1) is 13.8 Å². The summed E-state index contributed by atoms with van der Waals surface area (Å²) in [5, 5.41) is 0.593. The fraction of sp³-hybridized carbons (Fsp3) is 0.167. The highest BCUT2D eigenvalue weighted by Crippen LogP contribution is 2.29. The van der Waals surface area contributed by atoms with Gasteiger partial charge in [-0.05, 0) is 32.0 Å². The van der Waals surface area contributed by atoms with E-state index in [1.807, 2.05) is 32.0 Å². The van der Waals surface area contributed by atoms with Gasteiger partial charge in [0.25, 0.3) is 0 Å². The minimum atomic E-state index is 0.559. The molecule has 0 amide bonds. The largest absolute Gasteiger partial charge is 0.308 e. The van der Waals surface area contributed by atoms with Crippen LogP contribution in [0.1, 0.15) is 11.3 Å². The molecule has 2 aromatic rings. The Hall–Kier alpha value is -1.17. The molecule has 6 heteroatoms. The van der Waals surface area contributed by atoms with Crippen LogP contribution in [-0.4, -0.2) is 9.97 Å². The third kappa shape index (κ3) is 2.48. The Morgan fingerprint density at radius 2 is 2.00 bits per heavy atom. The van der Waals surface area contributed by atoms with Crippen LogP contribution in [0.2, 0.25) is 5.02 Å². The van der Waals surface area contributed by atoms with E-state index < -0.39 is 0 Å². The molecule has 18 heavy (non-hydrogen) atoms. The number of nitrogens with zero attached hydrogens (tertiary/aromatic N) is 2. The molecule has 0 bridgehead atoms. The molecule has 0 saturated heterocycles. The summed E-state index contributed by atoms with van der Waals surface area (Å²) in [6, 6.07) is 5.58. The van der Waals surface area contributed by atoms with Crippen molar-refractivity contribution >= 4 is 33.3 Å². The van der Waals surface area contributed by atoms with Gasteiger partial charge in [-0.1, -0.05) is 27.5 Å². The molecule has 2 rings (SSSR count). The van der Waals surface area contributed by atoms with Crippen LogP contribution >= 0.6 is 27.5 Å². The first-order valence-corrected chi connectivity index (χ1v) is 6.47. The van der Waals surface area contributed by atoms with Crippen LogP contribution < -0.4 is 11.3 Å². The number of hydrogen-bond donors (Lipinski definition) is 2. The molecule has 1 aromatic heterocycles. The summed E-state index contributed by atoms with van der Waals surface area (Å²) in [6.07, 6.45) is 0. The molecule has 4 nitrogen and oxygen atoms in total. The average molecular weight is 328 g/mol. The third-order valence-electron chi connectivity index (χ3n) is 2.70. The van der Waals surface area contributed by atoms with E-state index in [4.69, 9.17) is 17.4 Å². The number of benzene rings is 1. The van der Waals surface area contributed by atoms with Crippen LogP contribution in [0.4, 0.5) is 5.82 Å². The zero-order valence-electron chi connectivity index (χ0n) is 9.96. The zero-order valence-corrected chi connectivity index (χ0v) is 12.3. The quantitative estimate of drug-likeness (QED) is 0.655. The fourth-order valence-electron chi connectivity index (χ4n) is 1.56. The Balaban J connectivity index is 2.60. The Morgan fingerprint density at radius 1 is 1.28 bits per heavy atom. The molecule has 0 atom stereocenters. The van der Waals surface area contributed by atoms with Gasteiger partial charge in [0, 0.05) is 21.3 Å². The molecule has 0 aliphatic rings. The molecule has 1 heterocycles. The van der Waals surface area contributed by atoms with E-state index in [0.717, 1.165) is 21.3 Å². The molecule has 0 aliphatic carbocycles. The molecule has 1 aromatic carbocycles. The number of nitrogens with two attached hydrogens (primary N) is 1. The van der Waals surface area contributed by atoms with Gasteiger partial charge in [-0.25, -0.2) is 15.8 Å². The maximum Gasteiger partial charge on any atom is 0.163 e. The predicted molar refractivity (Wildman–Crippen MR) is 77.5 cm³/mol. The van der Waals surface area contributed by atoms with Crippen LogP contribution in [-0.2, 0) is 0 Å². The molecular formula is C12H12BrClN4. The van der Waals surface area contributed by atoms with Crippen molar-refractivity contribution in [2.45, 2.75) is 13.8 Å². The van der Waals surface area contributed by atoms with Gasteiger partial charge in [0.1, 0.15) is 5.82 Å². The summed E-state index contributed by atoms with van der Waals surface area (Å²) >= 11 is 9.56. The Morgan fingerprint density at radius 3 is 2.61 bits per heavy atom. The number of anilines is 1. The Bertz CT molecular complexity index is 601. The van der Waals surface area contributed by atoms with E-state index in [-0.39, 0.29) is 0 Å². The summed E-state index contributed by atoms with van der Waals surface area (Å²) < 4.78 is 0.914. The summed E-state index contributed by atoms with van der Waals surface area (Å²) in [5.74, 6) is 6.61. The highest BCUT2D eigenvalue weighted by Gasteiger charge is 2.11. The lowest BCUT2D eigenvalue weighted by Gasteiger charge is -2.10. The standard InChI is InChI=1S/C12H12BrClN4/c1-6-7(2)16-12(17-11(6)18-15)9-4-3-8(13)5-10(9)14/h3-5H,15H2,1-2H3,(H,16,17,18). The number of aryl methyl sites for hydroxylation is 1. The van der Waals surface area contributed by atoms with Gasteiger partial charge in [0.05, 0.1) is 5.02 Å². The van der Waals surface area contributed by atoms with Crippen molar-refractivity contribution in [3.8, 4) is 11.4 Å². The molecule has 94 valence electrons. The summed E-state index contributed by atoms with van der Waals surface area (Å²) in [7, 11) is 0. The van der Waals surface area contributed by atoms with Crippen LogP contribution in [0.15, 0.2) is 22.7 Å². The smallest absolute Gasteiger partial charge is 0.163 e. The van der Waals surface area contributed by atoms with E-state index in [1.165, 1.54) is 0 Å². The molecule has 0 fully saturated rings. The minimum Gasteiger partial charge on any atom is -0.308 e. The molecule has 0 spiro atoms. The summed E-state index contributed by atoms with van der Waals surface area (Å²) in [5.41, 5.74) is 5.14. The van der Waals surface area contributed by atoms with Gasteiger partial charge in [-0.3, -0.25) is 0 Å². The van der Waals surface area contributed by atoms with Crippen LogP contribution in [0.25, 0.3) is 11.4 Å². The normalized spacial score (nSPS) is 10.5. The van der Waals surface area contributed by atoms with Gasteiger partial charge in [0.2, 0.25) is 0 Å². The number of rotatable bonds is 2. The topological polar surface area (TPSA) is 63.8 Å². The Labute approximate surface area is 119 Å². The highest BCUT2D eigenvalue weighted by atomic mass is 79.9. The molecule has 0 aliphatic heterocycles. The van der Waals surface area contributed by atoms with Crippen molar-refractivity contribution in [3.63, 3.8) is 0 Å². The summed E-state index contributed by atoms with van der Waals surface area (Å²) in [4.78, 5) is 8.80. The third-order valence-corrected chi connectivity index (χ3v) is 3.50. The zero-order chi connectivity index (χ0) is 13.3. The number of nitrogens with one attached hydrogen (secondary N) is 1. The number of nitrogen functional groups attached to an aromatic ring is 1. The minimum absolute atomic E-state index is 0.559. The van der Waals surface area contributed by atoms with E-state index >= 15 is 0 Å². The fourth-order valence-corrected chi connectivity index (χ4v) is 2.32. The van der Waals surface area contributed by atoms with Crippen molar-refractivity contribution < 1.29 is 0 Å². The molecule has 0 radical (unpaired) electrons. The lowest BCUT2D eigenvalue weighted by atomic mass is 10.2. The second kappa shape index (κ2) is 5.22. The van der Waals surface area contributed by atoms with E-state index in [2.05, 4.69) is 31.3 Å². The number of hydrazine groups is 1. The van der Waals surface area contributed by atoms with Crippen molar-refractivity contribution in [1.82, 2.24) is 9.97 Å². The van der Waals surface area contributed by atoms with E-state index in [0.29, 0.717) is 16.7 Å². The second-order valence-corrected chi connectivity index (χ2v) is 5.20. The summed E-state index contributed by atoms with van der Waals surface area (Å²) in [6.45, 7) is 3.83. The van der Waals surface area contributed by atoms with Gasteiger partial charge in [0.15, 0.2) is 5.82 Å². The van der Waals surface area contributed by atoms with Crippen LogP contribution in [0.3, 0.4) is 0 Å². The van der Waals surface area contributed by atoms with Crippen molar-refractivity contribution in [2.24, 2.45) is 5.84 Å². The SMILES string of the molecule is Cc1nc(-c2ccc(Br)cc2Cl)nc(NN)c1C. The van der Waals surface area contributed by atoms with Gasteiger partial charge in [-0.15, -0.1) is 0 Å². The molecule has 0 unspecified atom stereocenters. The van der Waals surface area contributed by atoms with Crippen molar-refractivity contribution in [3.05, 3.63) is 39.0 Å². The van der Waals surface area contributed by atoms with Gasteiger partial charge < -0.3 is 5.43 Å². The first kappa shape index (κ1) is 13.3. The van der Waals surface area contributed by atoms with Gasteiger partial charge in [-0.2, -0.15) is 0 Å². The monoisotopic (exact) mass is 326 g/mol. The number of halogens is 2. The first-order chi connectivity index (χ1) is 8.52. The maximum absolute atomic E-state index is 6.19. The lowest BCUT2D eigenvalue weighted by molar-refractivity contribution is 1.06. The van der Waals surface area contributed by atoms with Crippen LogP contribution in [0.5, 0.6) is 0 Å². The highest BCUT2D eigenvalue weighted by molar-refractivity contribution is 9.10. The van der Waals surface area contributed by atoms with Crippen molar-refractivity contribution in [1.29, 1.82) is 0 Å².